The van der Waals surface area contributed by atoms with Crippen molar-refractivity contribution in [2.45, 2.75) is 0 Å². The highest BCUT2D eigenvalue weighted by atomic mass is 16.5. The van der Waals surface area contributed by atoms with E-state index < -0.39 is 5.91 Å². The Morgan fingerprint density at radius 1 is 1.18 bits per heavy atom. The maximum Gasteiger partial charge on any atom is 0.282 e. The van der Waals surface area contributed by atoms with Gasteiger partial charge in [-0.3, -0.25) is 4.79 Å². The molecule has 0 atom stereocenters. The van der Waals surface area contributed by atoms with Crippen molar-refractivity contribution in [3.05, 3.63) is 17.7 Å². The third-order valence-electron chi connectivity index (χ3n) is 2.02. The van der Waals surface area contributed by atoms with E-state index in [2.05, 4.69) is 4.99 Å². The first-order chi connectivity index (χ1) is 7.99. The molecule has 0 aliphatic rings. The Kier molecular flexibility index (Phi) is 3.76. The van der Waals surface area contributed by atoms with Crippen LogP contribution in [0.4, 0.5) is 5.69 Å². The molecule has 7 heteroatoms. The minimum absolute atomic E-state index is 0.149. The number of ether oxygens (including phenoxy) is 2. The van der Waals surface area contributed by atoms with Crippen LogP contribution in [0.3, 0.4) is 0 Å². The lowest BCUT2D eigenvalue weighted by molar-refractivity contribution is 0.100. The number of nitrogens with zero attached hydrogens (tertiary/aromatic N) is 1. The summed E-state index contributed by atoms with van der Waals surface area (Å²) in [5.41, 5.74) is 16.3. The first kappa shape index (κ1) is 12.6. The quantitative estimate of drug-likeness (QED) is 0.377. The van der Waals surface area contributed by atoms with E-state index in [1.54, 1.807) is 0 Å². The fourth-order valence-electron chi connectivity index (χ4n) is 1.26. The highest BCUT2D eigenvalue weighted by Gasteiger charge is 2.14. The number of nitrogen functional groups attached to an aromatic ring is 1. The highest BCUT2D eigenvalue weighted by molar-refractivity contribution is 6.05. The molecule has 0 aromatic heterocycles. The first-order valence-electron chi connectivity index (χ1n) is 4.65. The van der Waals surface area contributed by atoms with Gasteiger partial charge in [0.1, 0.15) is 0 Å². The summed E-state index contributed by atoms with van der Waals surface area (Å²) in [5.74, 6) is -0.172. The molecule has 92 valence electrons. The van der Waals surface area contributed by atoms with Crippen molar-refractivity contribution in [2.24, 2.45) is 16.5 Å². The van der Waals surface area contributed by atoms with Crippen molar-refractivity contribution >= 4 is 17.6 Å². The number of benzene rings is 1. The SMILES string of the molecule is COc1cc(N)c(C(=O)N=C(N)N)cc1OC. The van der Waals surface area contributed by atoms with Crippen LogP contribution < -0.4 is 26.7 Å². The number of rotatable bonds is 3. The molecule has 1 aromatic carbocycles. The van der Waals surface area contributed by atoms with Crippen LogP contribution in [0.15, 0.2) is 17.1 Å². The summed E-state index contributed by atoms with van der Waals surface area (Å²) in [5, 5.41) is 0. The van der Waals surface area contributed by atoms with E-state index in [0.717, 1.165) is 0 Å². The van der Waals surface area contributed by atoms with Crippen LogP contribution in [0.25, 0.3) is 0 Å². The molecule has 1 aromatic rings. The van der Waals surface area contributed by atoms with Crippen molar-refractivity contribution in [2.75, 3.05) is 20.0 Å². The van der Waals surface area contributed by atoms with E-state index in [-0.39, 0.29) is 17.2 Å². The fraction of sp³-hybridized carbons (Fsp3) is 0.200. The Morgan fingerprint density at radius 3 is 2.18 bits per heavy atom. The summed E-state index contributed by atoms with van der Waals surface area (Å²) in [4.78, 5) is 15.0. The van der Waals surface area contributed by atoms with Gasteiger partial charge < -0.3 is 26.7 Å². The van der Waals surface area contributed by atoms with Gasteiger partial charge in [-0.2, -0.15) is 4.99 Å². The second-order valence-electron chi connectivity index (χ2n) is 3.14. The summed E-state index contributed by atoms with van der Waals surface area (Å²) in [6.45, 7) is 0. The van der Waals surface area contributed by atoms with Crippen molar-refractivity contribution < 1.29 is 14.3 Å². The van der Waals surface area contributed by atoms with Crippen molar-refractivity contribution in [1.82, 2.24) is 0 Å². The number of carbonyl (C=O) groups excluding carboxylic acids is 1. The molecular formula is C10H14N4O3. The normalized spacial score (nSPS) is 9.53. The number of methoxy groups -OCH3 is 2. The minimum atomic E-state index is -0.636. The highest BCUT2D eigenvalue weighted by Crippen LogP contribution is 2.32. The molecule has 17 heavy (non-hydrogen) atoms. The van der Waals surface area contributed by atoms with E-state index in [4.69, 9.17) is 26.7 Å². The number of nitrogens with two attached hydrogens (primary N) is 3. The van der Waals surface area contributed by atoms with Crippen molar-refractivity contribution in [3.63, 3.8) is 0 Å². The summed E-state index contributed by atoms with van der Waals surface area (Å²) in [7, 11) is 2.91. The van der Waals surface area contributed by atoms with Crippen LogP contribution in [0.2, 0.25) is 0 Å². The maximum absolute atomic E-state index is 11.6. The number of amides is 1. The van der Waals surface area contributed by atoms with Gasteiger partial charge >= 0.3 is 0 Å². The third kappa shape index (κ3) is 2.77. The van der Waals surface area contributed by atoms with Gasteiger partial charge in [-0.15, -0.1) is 0 Å². The maximum atomic E-state index is 11.6. The molecule has 0 radical (unpaired) electrons. The number of aliphatic imine (C=N–C) groups is 1. The lowest BCUT2D eigenvalue weighted by Crippen LogP contribution is -2.24. The zero-order valence-corrected chi connectivity index (χ0v) is 9.56. The molecule has 0 saturated heterocycles. The number of anilines is 1. The Morgan fingerprint density at radius 2 is 1.71 bits per heavy atom. The number of guanidine groups is 1. The largest absolute Gasteiger partial charge is 0.493 e. The molecule has 7 nitrogen and oxygen atoms in total. The average Bonchev–Trinajstić information content (AvgIpc) is 2.27. The monoisotopic (exact) mass is 238 g/mol. The molecule has 1 rings (SSSR count). The Bertz CT molecular complexity index is 467. The zero-order chi connectivity index (χ0) is 13.0. The summed E-state index contributed by atoms with van der Waals surface area (Å²) in [6.07, 6.45) is 0. The molecule has 0 saturated carbocycles. The van der Waals surface area contributed by atoms with E-state index >= 15 is 0 Å². The van der Waals surface area contributed by atoms with Gasteiger partial charge in [0.15, 0.2) is 17.5 Å². The fourth-order valence-corrected chi connectivity index (χ4v) is 1.26. The number of hydrogen-bond acceptors (Lipinski definition) is 4. The summed E-state index contributed by atoms with van der Waals surface area (Å²) >= 11 is 0. The van der Waals surface area contributed by atoms with Crippen LogP contribution in [-0.4, -0.2) is 26.1 Å². The second kappa shape index (κ2) is 5.06. The van der Waals surface area contributed by atoms with Crippen LogP contribution in [0.5, 0.6) is 11.5 Å². The van der Waals surface area contributed by atoms with Gasteiger partial charge in [-0.05, 0) is 6.07 Å². The third-order valence-corrected chi connectivity index (χ3v) is 2.02. The molecule has 1 amide bonds. The van der Waals surface area contributed by atoms with Crippen LogP contribution >= 0.6 is 0 Å². The number of hydrogen-bond donors (Lipinski definition) is 3. The second-order valence-corrected chi connectivity index (χ2v) is 3.14. The summed E-state index contributed by atoms with van der Waals surface area (Å²) in [6, 6.07) is 2.89. The lowest BCUT2D eigenvalue weighted by Gasteiger charge is -2.10. The van der Waals surface area contributed by atoms with E-state index in [9.17, 15) is 4.79 Å². The molecule has 6 N–H and O–H groups in total. The van der Waals surface area contributed by atoms with Gasteiger partial charge in [-0.1, -0.05) is 0 Å². The molecule has 0 unspecified atom stereocenters. The van der Waals surface area contributed by atoms with Gasteiger partial charge in [0.25, 0.3) is 5.91 Å². The first-order valence-corrected chi connectivity index (χ1v) is 4.65. The summed E-state index contributed by atoms with van der Waals surface area (Å²) < 4.78 is 10.1. The molecule has 0 spiro atoms. The van der Waals surface area contributed by atoms with Gasteiger partial charge in [0.05, 0.1) is 19.8 Å². The zero-order valence-electron chi connectivity index (χ0n) is 9.56. The smallest absolute Gasteiger partial charge is 0.282 e. The van der Waals surface area contributed by atoms with Crippen molar-refractivity contribution in [1.29, 1.82) is 0 Å². The van der Waals surface area contributed by atoms with E-state index in [1.165, 1.54) is 26.4 Å². The Hall–Kier alpha value is -2.44. The average molecular weight is 238 g/mol. The Balaban J connectivity index is 3.26. The van der Waals surface area contributed by atoms with Crippen LogP contribution in [0.1, 0.15) is 10.4 Å². The number of carbonyl (C=O) groups is 1. The molecule has 0 aliphatic carbocycles. The predicted molar refractivity (Wildman–Crippen MR) is 64.1 cm³/mol. The molecule has 0 bridgehead atoms. The molecule has 0 aliphatic heterocycles. The van der Waals surface area contributed by atoms with Crippen LogP contribution in [-0.2, 0) is 0 Å². The molecule has 0 fully saturated rings. The van der Waals surface area contributed by atoms with Crippen molar-refractivity contribution in [3.8, 4) is 11.5 Å². The van der Waals surface area contributed by atoms with Gasteiger partial charge in [0, 0.05) is 11.8 Å². The van der Waals surface area contributed by atoms with E-state index in [1.807, 2.05) is 0 Å². The molecule has 0 heterocycles. The minimum Gasteiger partial charge on any atom is -0.493 e. The Labute approximate surface area is 98.2 Å². The molecular weight excluding hydrogens is 224 g/mol. The standard InChI is InChI=1S/C10H14N4O3/c1-16-7-3-5(9(15)14-10(12)13)6(11)4-8(7)17-2/h3-4H,11H2,1-2H3,(H4,12,13,14,15). The van der Waals surface area contributed by atoms with Crippen LogP contribution in [0, 0.1) is 0 Å². The van der Waals surface area contributed by atoms with Gasteiger partial charge in [0.2, 0.25) is 0 Å². The predicted octanol–water partition coefficient (Wildman–Crippen LogP) is -0.300. The van der Waals surface area contributed by atoms with E-state index in [0.29, 0.717) is 11.5 Å². The lowest BCUT2D eigenvalue weighted by atomic mass is 10.1. The van der Waals surface area contributed by atoms with Gasteiger partial charge in [-0.25, -0.2) is 0 Å². The topological polar surface area (TPSA) is 126 Å².